The number of hydrogen-bond donors (Lipinski definition) is 2. The van der Waals surface area contributed by atoms with Crippen LogP contribution in [-0.4, -0.2) is 21.8 Å². The van der Waals surface area contributed by atoms with Crippen molar-refractivity contribution in [2.45, 2.75) is 6.54 Å². The summed E-state index contributed by atoms with van der Waals surface area (Å²) in [5.74, 6) is -0.651. The summed E-state index contributed by atoms with van der Waals surface area (Å²) < 4.78 is 0. The van der Waals surface area contributed by atoms with E-state index >= 15 is 0 Å². The lowest BCUT2D eigenvalue weighted by atomic mass is 10.1. The first-order valence-electron chi connectivity index (χ1n) is 9.90. The number of pyridine rings is 2. The molecule has 0 aliphatic heterocycles. The Hall–Kier alpha value is -4.03. The average Bonchev–Trinajstić information content (AvgIpc) is 2.85. The molecular formula is C25H19ClN4O2. The molecule has 4 rings (SSSR count). The van der Waals surface area contributed by atoms with Gasteiger partial charge >= 0.3 is 0 Å². The minimum Gasteiger partial charge on any atom is -0.347 e. The van der Waals surface area contributed by atoms with Crippen LogP contribution in [0.25, 0.3) is 11.3 Å². The first kappa shape index (κ1) is 21.2. The van der Waals surface area contributed by atoms with Crippen LogP contribution in [0.4, 0.5) is 5.69 Å². The maximum atomic E-state index is 12.6. The Labute approximate surface area is 190 Å². The molecule has 0 fully saturated rings. The van der Waals surface area contributed by atoms with Crippen LogP contribution in [0.1, 0.15) is 26.4 Å². The number of carbonyl (C=O) groups is 2. The molecule has 2 aromatic carbocycles. The van der Waals surface area contributed by atoms with Crippen LogP contribution in [0, 0.1) is 0 Å². The van der Waals surface area contributed by atoms with E-state index in [9.17, 15) is 9.59 Å². The summed E-state index contributed by atoms with van der Waals surface area (Å²) in [5.41, 5.74) is 3.56. The zero-order chi connectivity index (χ0) is 22.3. The van der Waals surface area contributed by atoms with Gasteiger partial charge in [-0.25, -0.2) is 0 Å². The van der Waals surface area contributed by atoms with Gasteiger partial charge in [0.05, 0.1) is 16.3 Å². The van der Waals surface area contributed by atoms with Crippen molar-refractivity contribution in [3.63, 3.8) is 0 Å². The van der Waals surface area contributed by atoms with Gasteiger partial charge in [-0.2, -0.15) is 0 Å². The number of rotatable bonds is 6. The number of nitrogens with zero attached hydrogens (tertiary/aromatic N) is 2. The minimum atomic E-state index is -0.344. The molecule has 0 aliphatic carbocycles. The molecule has 0 unspecified atom stereocenters. The minimum absolute atomic E-state index is 0.237. The van der Waals surface area contributed by atoms with E-state index in [4.69, 9.17) is 11.6 Å². The van der Waals surface area contributed by atoms with Crippen LogP contribution in [0.3, 0.4) is 0 Å². The predicted octanol–water partition coefficient (Wildman–Crippen LogP) is 4.98. The summed E-state index contributed by atoms with van der Waals surface area (Å²) in [6, 6.07) is 23.4. The predicted molar refractivity (Wildman–Crippen MR) is 124 cm³/mol. The van der Waals surface area contributed by atoms with Crippen LogP contribution in [-0.2, 0) is 6.54 Å². The van der Waals surface area contributed by atoms with Gasteiger partial charge < -0.3 is 10.6 Å². The van der Waals surface area contributed by atoms with Crippen LogP contribution in [0.15, 0.2) is 91.3 Å². The summed E-state index contributed by atoms with van der Waals surface area (Å²) >= 11 is 6.30. The van der Waals surface area contributed by atoms with Gasteiger partial charge in [0.15, 0.2) is 0 Å². The van der Waals surface area contributed by atoms with E-state index < -0.39 is 0 Å². The standard InChI is InChI=1S/C25H19ClN4O2/c26-21-11-10-19(14-20(21)22-8-4-5-13-27-22)30-24(31)18-9-12-23(28-16-18)25(32)29-15-17-6-2-1-3-7-17/h1-14,16H,15H2,(H,29,32)(H,30,31). The Bertz CT molecular complexity index is 1230. The Balaban J connectivity index is 1.41. The molecule has 7 heteroatoms. The molecule has 0 radical (unpaired) electrons. The first-order valence-corrected chi connectivity index (χ1v) is 10.3. The monoisotopic (exact) mass is 442 g/mol. The summed E-state index contributed by atoms with van der Waals surface area (Å²) in [6.45, 7) is 0.402. The Morgan fingerprint density at radius 2 is 1.66 bits per heavy atom. The van der Waals surface area contributed by atoms with Gasteiger partial charge in [-0.05, 0) is 48.0 Å². The lowest BCUT2D eigenvalue weighted by Crippen LogP contribution is -2.24. The highest BCUT2D eigenvalue weighted by Gasteiger charge is 2.12. The molecule has 0 aliphatic rings. The Morgan fingerprint density at radius 3 is 2.38 bits per heavy atom. The molecule has 0 saturated carbocycles. The van der Waals surface area contributed by atoms with E-state index in [2.05, 4.69) is 20.6 Å². The van der Waals surface area contributed by atoms with Crippen molar-refractivity contribution in [2.24, 2.45) is 0 Å². The van der Waals surface area contributed by atoms with Crippen molar-refractivity contribution in [1.29, 1.82) is 0 Å². The highest BCUT2D eigenvalue weighted by molar-refractivity contribution is 6.33. The van der Waals surface area contributed by atoms with Gasteiger partial charge in [0.1, 0.15) is 5.69 Å². The molecule has 2 aromatic heterocycles. The number of amides is 2. The number of halogens is 1. The van der Waals surface area contributed by atoms with Crippen LogP contribution in [0.2, 0.25) is 5.02 Å². The van der Waals surface area contributed by atoms with E-state index in [1.807, 2.05) is 48.5 Å². The third-order valence-electron chi connectivity index (χ3n) is 4.72. The molecule has 0 saturated heterocycles. The zero-order valence-corrected chi connectivity index (χ0v) is 17.7. The fourth-order valence-corrected chi connectivity index (χ4v) is 3.27. The van der Waals surface area contributed by atoms with Crippen molar-refractivity contribution in [1.82, 2.24) is 15.3 Å². The van der Waals surface area contributed by atoms with Crippen LogP contribution >= 0.6 is 11.6 Å². The molecule has 0 bridgehead atoms. The molecule has 2 heterocycles. The second-order valence-corrected chi connectivity index (χ2v) is 7.37. The molecule has 2 N–H and O–H groups in total. The van der Waals surface area contributed by atoms with Gasteiger partial charge in [-0.1, -0.05) is 48.0 Å². The summed E-state index contributed by atoms with van der Waals surface area (Å²) in [4.78, 5) is 33.4. The average molecular weight is 443 g/mol. The van der Waals surface area contributed by atoms with E-state index in [1.54, 1.807) is 30.5 Å². The second-order valence-electron chi connectivity index (χ2n) is 6.96. The molecule has 32 heavy (non-hydrogen) atoms. The summed E-state index contributed by atoms with van der Waals surface area (Å²) in [5, 5.41) is 6.17. The largest absolute Gasteiger partial charge is 0.347 e. The number of hydrogen-bond acceptors (Lipinski definition) is 4. The first-order chi connectivity index (χ1) is 15.6. The molecule has 6 nitrogen and oxygen atoms in total. The van der Waals surface area contributed by atoms with E-state index in [0.717, 1.165) is 5.56 Å². The van der Waals surface area contributed by atoms with Crippen molar-refractivity contribution in [3.05, 3.63) is 113 Å². The smallest absolute Gasteiger partial charge is 0.270 e. The number of aromatic nitrogens is 2. The van der Waals surface area contributed by atoms with E-state index in [-0.39, 0.29) is 17.5 Å². The highest BCUT2D eigenvalue weighted by atomic mass is 35.5. The molecule has 2 amide bonds. The van der Waals surface area contributed by atoms with Crippen LogP contribution < -0.4 is 10.6 Å². The van der Waals surface area contributed by atoms with Gasteiger partial charge in [0.2, 0.25) is 0 Å². The normalized spacial score (nSPS) is 10.4. The SMILES string of the molecule is O=C(Nc1ccc(Cl)c(-c2ccccn2)c1)c1ccc(C(=O)NCc2ccccc2)nc1. The van der Waals surface area contributed by atoms with Crippen LogP contribution in [0.5, 0.6) is 0 Å². The highest BCUT2D eigenvalue weighted by Crippen LogP contribution is 2.29. The van der Waals surface area contributed by atoms with Crippen molar-refractivity contribution in [2.75, 3.05) is 5.32 Å². The Morgan fingerprint density at radius 1 is 0.844 bits per heavy atom. The number of benzene rings is 2. The third-order valence-corrected chi connectivity index (χ3v) is 5.05. The summed E-state index contributed by atoms with van der Waals surface area (Å²) in [7, 11) is 0. The maximum Gasteiger partial charge on any atom is 0.270 e. The van der Waals surface area contributed by atoms with Gasteiger partial charge in [-0.3, -0.25) is 19.6 Å². The van der Waals surface area contributed by atoms with Crippen molar-refractivity contribution < 1.29 is 9.59 Å². The Kier molecular flexibility index (Phi) is 6.53. The molecule has 4 aromatic rings. The molecular weight excluding hydrogens is 424 g/mol. The number of carbonyl (C=O) groups excluding carboxylic acids is 2. The fourth-order valence-electron chi connectivity index (χ4n) is 3.06. The maximum absolute atomic E-state index is 12.6. The third kappa shape index (κ3) is 5.17. The van der Waals surface area contributed by atoms with E-state index in [1.165, 1.54) is 12.3 Å². The van der Waals surface area contributed by atoms with Gasteiger partial charge in [-0.15, -0.1) is 0 Å². The lowest BCUT2D eigenvalue weighted by Gasteiger charge is -2.09. The van der Waals surface area contributed by atoms with Crippen molar-refractivity contribution in [3.8, 4) is 11.3 Å². The van der Waals surface area contributed by atoms with E-state index in [0.29, 0.717) is 34.1 Å². The van der Waals surface area contributed by atoms with Crippen molar-refractivity contribution >= 4 is 29.1 Å². The molecule has 158 valence electrons. The number of anilines is 1. The van der Waals surface area contributed by atoms with Gasteiger partial charge in [0.25, 0.3) is 11.8 Å². The zero-order valence-electron chi connectivity index (χ0n) is 17.0. The topological polar surface area (TPSA) is 84.0 Å². The molecule has 0 spiro atoms. The molecule has 0 atom stereocenters. The fraction of sp³-hybridized carbons (Fsp3) is 0.0400. The summed E-state index contributed by atoms with van der Waals surface area (Å²) in [6.07, 6.45) is 3.06. The quantitative estimate of drug-likeness (QED) is 0.441. The second kappa shape index (κ2) is 9.85. The lowest BCUT2D eigenvalue weighted by molar-refractivity contribution is 0.0944. The van der Waals surface area contributed by atoms with Gasteiger partial charge in [0, 0.05) is 30.2 Å². The number of nitrogens with one attached hydrogen (secondary N) is 2.